The van der Waals surface area contributed by atoms with Crippen LogP contribution in [0.15, 0.2) is 60.0 Å². The molecule has 2 aromatic heterocycles. The Morgan fingerprint density at radius 3 is 2.72 bits per heavy atom. The molecule has 1 fully saturated rings. The summed E-state index contributed by atoms with van der Waals surface area (Å²) < 4.78 is 33.4. The van der Waals surface area contributed by atoms with Crippen molar-refractivity contribution < 1.29 is 13.2 Å². The maximum atomic E-state index is 13.3. The zero-order valence-electron chi connectivity index (χ0n) is 15.8. The molecule has 150 valence electrons. The highest BCUT2D eigenvalue weighted by Crippen LogP contribution is 2.38. The van der Waals surface area contributed by atoms with Crippen molar-refractivity contribution in [2.24, 2.45) is 0 Å². The molecule has 0 saturated carbocycles. The van der Waals surface area contributed by atoms with Crippen LogP contribution in [0.1, 0.15) is 24.6 Å². The quantitative estimate of drug-likeness (QED) is 0.658. The van der Waals surface area contributed by atoms with Crippen LogP contribution in [0.4, 0.5) is 11.8 Å². The van der Waals surface area contributed by atoms with Gasteiger partial charge in [0.05, 0.1) is 31.2 Å². The van der Waals surface area contributed by atoms with E-state index in [1.54, 1.807) is 55.1 Å². The fourth-order valence-electron chi connectivity index (χ4n) is 3.36. The number of methoxy groups -OCH3 is 1. The largest absolute Gasteiger partial charge is 0.495 e. The van der Waals surface area contributed by atoms with Gasteiger partial charge in [0, 0.05) is 18.9 Å². The molecule has 3 aromatic rings. The van der Waals surface area contributed by atoms with Gasteiger partial charge >= 0.3 is 0 Å². The Labute approximate surface area is 168 Å². The fourth-order valence-corrected chi connectivity index (χ4v) is 5.19. The summed E-state index contributed by atoms with van der Waals surface area (Å²) in [6.45, 7) is 0.409. The SMILES string of the molecule is COc1ccccc1S(=O)(=O)N1CCCC1c1cncc(Nc2ncccn2)n1. The number of aromatic nitrogens is 4. The van der Waals surface area contributed by atoms with E-state index in [2.05, 4.69) is 25.3 Å². The van der Waals surface area contributed by atoms with Gasteiger partial charge in [0.25, 0.3) is 0 Å². The van der Waals surface area contributed by atoms with Crippen molar-refractivity contribution in [2.75, 3.05) is 19.0 Å². The van der Waals surface area contributed by atoms with Gasteiger partial charge in [-0.15, -0.1) is 0 Å². The Morgan fingerprint density at radius 1 is 1.14 bits per heavy atom. The number of hydrogen-bond donors (Lipinski definition) is 1. The minimum atomic E-state index is -3.76. The van der Waals surface area contributed by atoms with Crippen LogP contribution in [-0.2, 0) is 10.0 Å². The van der Waals surface area contributed by atoms with Gasteiger partial charge in [-0.05, 0) is 31.0 Å². The first-order valence-electron chi connectivity index (χ1n) is 9.10. The molecular formula is C19H20N6O3S. The average Bonchev–Trinajstić information content (AvgIpc) is 3.26. The zero-order chi connectivity index (χ0) is 20.3. The van der Waals surface area contributed by atoms with E-state index in [0.29, 0.717) is 36.2 Å². The molecule has 0 amide bonds. The fraction of sp³-hybridized carbons (Fsp3) is 0.263. The Bertz CT molecular complexity index is 1090. The van der Waals surface area contributed by atoms with Crippen LogP contribution >= 0.6 is 0 Å². The van der Waals surface area contributed by atoms with Gasteiger partial charge in [0.1, 0.15) is 10.6 Å². The molecule has 1 saturated heterocycles. The number of ether oxygens (including phenoxy) is 1. The second-order valence-corrected chi connectivity index (χ2v) is 8.31. The lowest BCUT2D eigenvalue weighted by molar-refractivity contribution is 0.377. The summed E-state index contributed by atoms with van der Waals surface area (Å²) in [6.07, 6.45) is 7.77. The summed E-state index contributed by atoms with van der Waals surface area (Å²) in [7, 11) is -2.29. The van der Waals surface area contributed by atoms with E-state index in [1.807, 2.05) is 0 Å². The monoisotopic (exact) mass is 412 g/mol. The minimum Gasteiger partial charge on any atom is -0.495 e. The molecule has 4 rings (SSSR count). The topological polar surface area (TPSA) is 110 Å². The van der Waals surface area contributed by atoms with Crippen molar-refractivity contribution in [2.45, 2.75) is 23.8 Å². The van der Waals surface area contributed by atoms with Gasteiger partial charge in [-0.1, -0.05) is 12.1 Å². The summed E-state index contributed by atoms with van der Waals surface area (Å²) in [6, 6.07) is 7.93. The van der Waals surface area contributed by atoms with Gasteiger partial charge in [0.2, 0.25) is 16.0 Å². The van der Waals surface area contributed by atoms with E-state index in [-0.39, 0.29) is 4.90 Å². The third kappa shape index (κ3) is 3.89. The first-order valence-corrected chi connectivity index (χ1v) is 10.5. The molecule has 29 heavy (non-hydrogen) atoms. The Morgan fingerprint density at radius 2 is 1.93 bits per heavy atom. The number of sulfonamides is 1. The zero-order valence-corrected chi connectivity index (χ0v) is 16.6. The predicted molar refractivity (Wildman–Crippen MR) is 106 cm³/mol. The van der Waals surface area contributed by atoms with Crippen LogP contribution in [0, 0.1) is 0 Å². The highest BCUT2D eigenvalue weighted by Gasteiger charge is 2.38. The summed E-state index contributed by atoms with van der Waals surface area (Å²) in [5, 5.41) is 2.99. The Hall–Kier alpha value is -3.11. The van der Waals surface area contributed by atoms with Gasteiger partial charge in [-0.3, -0.25) is 4.98 Å². The molecule has 1 unspecified atom stereocenters. The van der Waals surface area contributed by atoms with Crippen LogP contribution < -0.4 is 10.1 Å². The number of benzene rings is 1. The highest BCUT2D eigenvalue weighted by molar-refractivity contribution is 7.89. The van der Waals surface area contributed by atoms with E-state index < -0.39 is 16.1 Å². The lowest BCUT2D eigenvalue weighted by Crippen LogP contribution is -2.31. The molecule has 0 spiro atoms. The smallest absolute Gasteiger partial charge is 0.247 e. The minimum absolute atomic E-state index is 0.148. The number of rotatable bonds is 6. The number of nitrogens with one attached hydrogen (secondary N) is 1. The van der Waals surface area contributed by atoms with E-state index in [1.165, 1.54) is 11.4 Å². The highest BCUT2D eigenvalue weighted by atomic mass is 32.2. The lowest BCUT2D eigenvalue weighted by Gasteiger charge is -2.24. The first kappa shape index (κ1) is 19.2. The van der Waals surface area contributed by atoms with E-state index in [0.717, 1.165) is 6.42 Å². The second kappa shape index (κ2) is 8.10. The Balaban J connectivity index is 1.64. The Kier molecular flexibility index (Phi) is 5.36. The molecular weight excluding hydrogens is 392 g/mol. The average molecular weight is 412 g/mol. The molecule has 9 nitrogen and oxygen atoms in total. The third-order valence-corrected chi connectivity index (χ3v) is 6.61. The molecule has 1 aromatic carbocycles. The van der Waals surface area contributed by atoms with Gasteiger partial charge in [-0.2, -0.15) is 4.31 Å². The molecule has 10 heteroatoms. The standard InChI is InChI=1S/C19H20N6O3S/c1-28-16-7-2-3-8-17(16)29(26,27)25-11-4-6-15(25)14-12-20-13-18(23-14)24-19-21-9-5-10-22-19/h2-3,5,7-10,12-13,15H,4,6,11H2,1H3,(H,21,22,23,24). The molecule has 3 heterocycles. The summed E-state index contributed by atoms with van der Waals surface area (Å²) in [4.78, 5) is 17.1. The van der Waals surface area contributed by atoms with Gasteiger partial charge in [-0.25, -0.2) is 23.4 Å². The third-order valence-electron chi connectivity index (χ3n) is 4.66. The van der Waals surface area contributed by atoms with Crippen molar-refractivity contribution in [3.05, 3.63) is 60.8 Å². The van der Waals surface area contributed by atoms with Crippen LogP contribution in [0.5, 0.6) is 5.75 Å². The van der Waals surface area contributed by atoms with Crippen molar-refractivity contribution in [1.82, 2.24) is 24.2 Å². The molecule has 1 atom stereocenters. The molecule has 1 aliphatic rings. The maximum absolute atomic E-state index is 13.3. The predicted octanol–water partition coefficient (Wildman–Crippen LogP) is 2.54. The lowest BCUT2D eigenvalue weighted by atomic mass is 10.2. The number of anilines is 2. The van der Waals surface area contributed by atoms with Crippen LogP contribution in [0.2, 0.25) is 0 Å². The number of para-hydroxylation sites is 1. The molecule has 1 N–H and O–H groups in total. The van der Waals surface area contributed by atoms with Crippen molar-refractivity contribution in [3.63, 3.8) is 0 Å². The van der Waals surface area contributed by atoms with Crippen LogP contribution in [-0.4, -0.2) is 46.3 Å². The molecule has 0 bridgehead atoms. The van der Waals surface area contributed by atoms with E-state index >= 15 is 0 Å². The summed E-state index contributed by atoms with van der Waals surface area (Å²) in [5.74, 6) is 1.17. The van der Waals surface area contributed by atoms with E-state index in [9.17, 15) is 8.42 Å². The number of hydrogen-bond acceptors (Lipinski definition) is 8. The van der Waals surface area contributed by atoms with Crippen LogP contribution in [0.3, 0.4) is 0 Å². The first-order chi connectivity index (χ1) is 14.1. The van der Waals surface area contributed by atoms with Crippen LogP contribution in [0.25, 0.3) is 0 Å². The normalized spacial score (nSPS) is 17.2. The number of nitrogens with zero attached hydrogens (tertiary/aromatic N) is 5. The second-order valence-electron chi connectivity index (χ2n) is 6.45. The molecule has 0 aliphatic carbocycles. The van der Waals surface area contributed by atoms with Crippen molar-refractivity contribution in [3.8, 4) is 5.75 Å². The van der Waals surface area contributed by atoms with Gasteiger partial charge in [0.15, 0.2) is 5.82 Å². The molecule has 1 aliphatic heterocycles. The molecule has 0 radical (unpaired) electrons. The summed E-state index contributed by atoms with van der Waals surface area (Å²) in [5.41, 5.74) is 0.571. The van der Waals surface area contributed by atoms with Crippen molar-refractivity contribution in [1.29, 1.82) is 0 Å². The van der Waals surface area contributed by atoms with Crippen molar-refractivity contribution >= 4 is 21.8 Å². The summed E-state index contributed by atoms with van der Waals surface area (Å²) >= 11 is 0. The maximum Gasteiger partial charge on any atom is 0.247 e. The van der Waals surface area contributed by atoms with E-state index in [4.69, 9.17) is 4.74 Å². The van der Waals surface area contributed by atoms with Gasteiger partial charge < -0.3 is 10.1 Å².